The molecule has 2 aromatic carbocycles. The number of halogens is 2. The molecule has 0 aliphatic rings. The number of nitrogens with one attached hydrogen (secondary N) is 2. The molecule has 0 radical (unpaired) electrons. The SMILES string of the molecule is CN=C(NCCS(=O)(=O)c1ccccc1)NCC(C)Oc1ccc(F)cc1.I. The molecule has 0 aliphatic heterocycles. The van der Waals surface area contributed by atoms with Gasteiger partial charge < -0.3 is 15.4 Å². The molecular formula is C19H25FIN3O3S. The van der Waals surface area contributed by atoms with Crippen molar-refractivity contribution in [2.75, 3.05) is 25.9 Å². The summed E-state index contributed by atoms with van der Waals surface area (Å²) in [5, 5.41) is 6.05. The highest BCUT2D eigenvalue weighted by Gasteiger charge is 2.14. The number of ether oxygens (including phenoxy) is 1. The molecule has 0 heterocycles. The van der Waals surface area contributed by atoms with Crippen LogP contribution in [0.1, 0.15) is 6.92 Å². The minimum Gasteiger partial charge on any atom is -0.489 e. The predicted octanol–water partition coefficient (Wildman–Crippen LogP) is 2.85. The van der Waals surface area contributed by atoms with E-state index in [1.165, 1.54) is 12.1 Å². The van der Waals surface area contributed by atoms with Crippen LogP contribution in [0, 0.1) is 5.82 Å². The number of sulfone groups is 1. The Kier molecular flexibility index (Phi) is 10.2. The van der Waals surface area contributed by atoms with E-state index in [1.54, 1.807) is 49.5 Å². The minimum atomic E-state index is -3.34. The number of guanidine groups is 1. The Balaban J connectivity index is 0.00000392. The van der Waals surface area contributed by atoms with Gasteiger partial charge in [-0.3, -0.25) is 4.99 Å². The van der Waals surface area contributed by atoms with Crippen molar-refractivity contribution in [2.45, 2.75) is 17.9 Å². The van der Waals surface area contributed by atoms with Gasteiger partial charge in [0.05, 0.1) is 17.2 Å². The van der Waals surface area contributed by atoms with Crippen molar-refractivity contribution in [2.24, 2.45) is 4.99 Å². The van der Waals surface area contributed by atoms with Gasteiger partial charge in [-0.05, 0) is 43.3 Å². The summed E-state index contributed by atoms with van der Waals surface area (Å²) in [4.78, 5) is 4.37. The van der Waals surface area contributed by atoms with Gasteiger partial charge in [-0.1, -0.05) is 18.2 Å². The van der Waals surface area contributed by atoms with Gasteiger partial charge in [-0.25, -0.2) is 12.8 Å². The Morgan fingerprint density at radius 3 is 2.36 bits per heavy atom. The number of benzene rings is 2. The number of hydrogen-bond donors (Lipinski definition) is 2. The molecule has 2 N–H and O–H groups in total. The molecule has 0 amide bonds. The highest BCUT2D eigenvalue weighted by Crippen LogP contribution is 2.12. The van der Waals surface area contributed by atoms with Gasteiger partial charge in [0.2, 0.25) is 0 Å². The highest BCUT2D eigenvalue weighted by atomic mass is 127. The molecule has 6 nitrogen and oxygen atoms in total. The zero-order valence-electron chi connectivity index (χ0n) is 15.8. The monoisotopic (exact) mass is 521 g/mol. The Morgan fingerprint density at radius 1 is 1.11 bits per heavy atom. The summed E-state index contributed by atoms with van der Waals surface area (Å²) in [6.07, 6.45) is -0.193. The Bertz CT molecular complexity index is 846. The third kappa shape index (κ3) is 8.01. The summed E-state index contributed by atoms with van der Waals surface area (Å²) in [6, 6.07) is 14.1. The van der Waals surface area contributed by atoms with Gasteiger partial charge in [0, 0.05) is 13.6 Å². The molecule has 1 atom stereocenters. The van der Waals surface area contributed by atoms with Crippen LogP contribution in [-0.2, 0) is 9.84 Å². The van der Waals surface area contributed by atoms with Crippen LogP contribution < -0.4 is 15.4 Å². The van der Waals surface area contributed by atoms with Crippen molar-refractivity contribution >= 4 is 39.8 Å². The van der Waals surface area contributed by atoms with Gasteiger partial charge in [0.1, 0.15) is 17.7 Å². The normalized spacial score (nSPS) is 12.6. The summed E-state index contributed by atoms with van der Waals surface area (Å²) >= 11 is 0. The standard InChI is InChI=1S/C19H24FN3O3S.HI/c1-15(26-17-10-8-16(20)9-11-17)14-23-19(21-2)22-12-13-27(24,25)18-6-4-3-5-7-18;/h3-11,15H,12-14H2,1-2H3,(H2,21,22,23);1H. The summed E-state index contributed by atoms with van der Waals surface area (Å²) < 4.78 is 43.1. The molecule has 0 fully saturated rings. The van der Waals surface area contributed by atoms with E-state index in [-0.39, 0.29) is 48.2 Å². The van der Waals surface area contributed by atoms with Crippen LogP contribution in [0.25, 0.3) is 0 Å². The number of aliphatic imine (C=N–C) groups is 1. The molecule has 0 bridgehead atoms. The minimum absolute atomic E-state index is 0. The van der Waals surface area contributed by atoms with Crippen LogP contribution in [0.5, 0.6) is 5.75 Å². The first-order valence-corrected chi connectivity index (χ1v) is 10.2. The summed E-state index contributed by atoms with van der Waals surface area (Å²) in [5.41, 5.74) is 0. The average Bonchev–Trinajstić information content (AvgIpc) is 2.67. The van der Waals surface area contributed by atoms with Gasteiger partial charge in [0.15, 0.2) is 15.8 Å². The fourth-order valence-corrected chi connectivity index (χ4v) is 3.48. The predicted molar refractivity (Wildman–Crippen MR) is 120 cm³/mol. The molecule has 2 rings (SSSR count). The molecule has 0 aromatic heterocycles. The molecule has 2 aromatic rings. The van der Waals surface area contributed by atoms with Crippen LogP contribution >= 0.6 is 24.0 Å². The number of hydrogen-bond acceptors (Lipinski definition) is 4. The lowest BCUT2D eigenvalue weighted by Crippen LogP contribution is -2.43. The zero-order valence-corrected chi connectivity index (χ0v) is 18.9. The zero-order chi connectivity index (χ0) is 19.7. The van der Waals surface area contributed by atoms with Crippen LogP contribution in [0.4, 0.5) is 4.39 Å². The maximum atomic E-state index is 12.9. The van der Waals surface area contributed by atoms with E-state index in [1.807, 2.05) is 6.92 Å². The van der Waals surface area contributed by atoms with E-state index in [9.17, 15) is 12.8 Å². The fourth-order valence-electron chi connectivity index (χ4n) is 2.30. The van der Waals surface area contributed by atoms with Crippen molar-refractivity contribution in [3.8, 4) is 5.75 Å². The third-order valence-corrected chi connectivity index (χ3v) is 5.43. The smallest absolute Gasteiger partial charge is 0.191 e. The summed E-state index contributed by atoms with van der Waals surface area (Å²) in [5.74, 6) is 0.693. The van der Waals surface area contributed by atoms with Gasteiger partial charge >= 0.3 is 0 Å². The van der Waals surface area contributed by atoms with Crippen LogP contribution in [0.15, 0.2) is 64.5 Å². The van der Waals surface area contributed by atoms with Gasteiger partial charge in [-0.15, -0.1) is 24.0 Å². The number of rotatable bonds is 8. The first-order valence-electron chi connectivity index (χ1n) is 8.55. The van der Waals surface area contributed by atoms with E-state index in [0.29, 0.717) is 23.1 Å². The van der Waals surface area contributed by atoms with Crippen molar-refractivity contribution < 1.29 is 17.5 Å². The van der Waals surface area contributed by atoms with Gasteiger partial charge in [-0.2, -0.15) is 0 Å². The fraction of sp³-hybridized carbons (Fsp3) is 0.316. The molecule has 1 unspecified atom stereocenters. The van der Waals surface area contributed by atoms with E-state index in [0.717, 1.165) is 0 Å². The molecular weight excluding hydrogens is 496 g/mol. The number of nitrogens with zero attached hydrogens (tertiary/aromatic N) is 1. The quantitative estimate of drug-likeness (QED) is 0.318. The molecule has 0 saturated heterocycles. The average molecular weight is 521 g/mol. The van der Waals surface area contributed by atoms with E-state index in [2.05, 4.69) is 15.6 Å². The topological polar surface area (TPSA) is 79.8 Å². The molecule has 0 saturated carbocycles. The molecule has 0 spiro atoms. The summed E-state index contributed by atoms with van der Waals surface area (Å²) in [7, 11) is -1.74. The van der Waals surface area contributed by atoms with E-state index in [4.69, 9.17) is 4.74 Å². The van der Waals surface area contributed by atoms with Crippen LogP contribution in [-0.4, -0.2) is 46.4 Å². The maximum Gasteiger partial charge on any atom is 0.191 e. The molecule has 0 aliphatic carbocycles. The van der Waals surface area contributed by atoms with Crippen LogP contribution in [0.2, 0.25) is 0 Å². The Labute approximate surface area is 182 Å². The van der Waals surface area contributed by atoms with Crippen LogP contribution in [0.3, 0.4) is 0 Å². The lowest BCUT2D eigenvalue weighted by Gasteiger charge is -2.17. The molecule has 28 heavy (non-hydrogen) atoms. The van der Waals surface area contributed by atoms with Crippen molar-refractivity contribution in [1.82, 2.24) is 10.6 Å². The Hall–Kier alpha value is -1.88. The second-order valence-corrected chi connectivity index (χ2v) is 8.00. The van der Waals surface area contributed by atoms with Crippen molar-refractivity contribution in [1.29, 1.82) is 0 Å². The van der Waals surface area contributed by atoms with E-state index >= 15 is 0 Å². The molecule has 9 heteroatoms. The van der Waals surface area contributed by atoms with Gasteiger partial charge in [0.25, 0.3) is 0 Å². The second-order valence-electron chi connectivity index (χ2n) is 5.89. The lowest BCUT2D eigenvalue weighted by atomic mass is 10.3. The highest BCUT2D eigenvalue weighted by molar-refractivity contribution is 14.0. The lowest BCUT2D eigenvalue weighted by molar-refractivity contribution is 0.223. The summed E-state index contributed by atoms with van der Waals surface area (Å²) in [6.45, 7) is 2.54. The Morgan fingerprint density at radius 2 is 1.75 bits per heavy atom. The van der Waals surface area contributed by atoms with Crippen molar-refractivity contribution in [3.05, 3.63) is 60.4 Å². The largest absolute Gasteiger partial charge is 0.489 e. The molecule has 154 valence electrons. The second kappa shape index (κ2) is 11.8. The van der Waals surface area contributed by atoms with E-state index < -0.39 is 9.84 Å². The third-order valence-electron chi connectivity index (χ3n) is 3.70. The van der Waals surface area contributed by atoms with Crippen molar-refractivity contribution in [3.63, 3.8) is 0 Å². The maximum absolute atomic E-state index is 12.9. The first kappa shape index (κ1) is 24.2. The first-order chi connectivity index (χ1) is 12.9.